The van der Waals surface area contributed by atoms with Crippen molar-refractivity contribution in [2.24, 2.45) is 5.41 Å². The Kier molecular flexibility index (Phi) is 3.95. The van der Waals surface area contributed by atoms with Crippen molar-refractivity contribution >= 4 is 11.6 Å². The fraction of sp³-hybridized carbons (Fsp3) is 0.538. The summed E-state index contributed by atoms with van der Waals surface area (Å²) in [6, 6.07) is 2.40. The van der Waals surface area contributed by atoms with Gasteiger partial charge in [0.1, 0.15) is 11.6 Å². The van der Waals surface area contributed by atoms with Gasteiger partial charge in [0.15, 0.2) is 0 Å². The third kappa shape index (κ3) is 3.44. The van der Waals surface area contributed by atoms with Crippen molar-refractivity contribution in [2.45, 2.75) is 39.5 Å². The zero-order chi connectivity index (χ0) is 12.5. The second-order valence-corrected chi connectivity index (χ2v) is 5.88. The fourth-order valence-electron chi connectivity index (χ4n) is 1.57. The lowest BCUT2D eigenvalue weighted by molar-refractivity contribution is 0.369. The molecule has 1 atom stereocenters. The van der Waals surface area contributed by atoms with E-state index in [2.05, 4.69) is 0 Å². The van der Waals surface area contributed by atoms with Crippen molar-refractivity contribution in [3.63, 3.8) is 0 Å². The first-order valence-corrected chi connectivity index (χ1v) is 5.74. The van der Waals surface area contributed by atoms with Crippen LogP contribution in [0.15, 0.2) is 12.1 Å². The molecule has 0 heterocycles. The van der Waals surface area contributed by atoms with Crippen molar-refractivity contribution in [3.8, 4) is 0 Å². The van der Waals surface area contributed by atoms with Gasteiger partial charge in [-0.3, -0.25) is 0 Å². The maximum absolute atomic E-state index is 13.5. The first-order valence-electron chi connectivity index (χ1n) is 5.30. The predicted octanol–water partition coefficient (Wildman–Crippen LogP) is 4.99. The highest BCUT2D eigenvalue weighted by atomic mass is 35.5. The SMILES string of the molecule is Cc1cc(C(Cl)CC(C)(C)C)c(F)cc1F. The Hall–Kier alpha value is -0.630. The van der Waals surface area contributed by atoms with Gasteiger partial charge in [0, 0.05) is 11.6 Å². The summed E-state index contributed by atoms with van der Waals surface area (Å²) in [5.74, 6) is -1.09. The molecule has 0 radical (unpaired) electrons. The molecule has 0 amide bonds. The van der Waals surface area contributed by atoms with E-state index in [0.717, 1.165) is 6.07 Å². The average molecular weight is 247 g/mol. The van der Waals surface area contributed by atoms with Crippen LogP contribution in [0.1, 0.15) is 43.7 Å². The topological polar surface area (TPSA) is 0 Å². The number of halogens is 3. The number of aryl methyl sites for hydroxylation is 1. The van der Waals surface area contributed by atoms with Crippen LogP contribution in [-0.4, -0.2) is 0 Å². The smallest absolute Gasteiger partial charge is 0.130 e. The van der Waals surface area contributed by atoms with E-state index >= 15 is 0 Å². The van der Waals surface area contributed by atoms with Gasteiger partial charge in [-0.15, -0.1) is 11.6 Å². The largest absolute Gasteiger partial charge is 0.207 e. The van der Waals surface area contributed by atoms with Gasteiger partial charge < -0.3 is 0 Å². The maximum atomic E-state index is 13.5. The average Bonchev–Trinajstić information content (AvgIpc) is 2.08. The molecule has 0 N–H and O–H groups in total. The minimum atomic E-state index is -0.563. The van der Waals surface area contributed by atoms with Crippen molar-refractivity contribution < 1.29 is 8.78 Å². The van der Waals surface area contributed by atoms with Crippen LogP contribution in [0.4, 0.5) is 8.78 Å². The van der Waals surface area contributed by atoms with Crippen LogP contribution in [0.25, 0.3) is 0 Å². The summed E-state index contributed by atoms with van der Waals surface area (Å²) in [6.07, 6.45) is 0.649. The molecule has 0 bridgehead atoms. The number of benzene rings is 1. The summed E-state index contributed by atoms with van der Waals surface area (Å²) < 4.78 is 26.6. The lowest BCUT2D eigenvalue weighted by Crippen LogP contribution is -2.10. The Morgan fingerprint density at radius 3 is 2.25 bits per heavy atom. The molecule has 90 valence electrons. The molecule has 0 aliphatic heterocycles. The van der Waals surface area contributed by atoms with Crippen LogP contribution in [0, 0.1) is 24.0 Å². The van der Waals surface area contributed by atoms with Crippen molar-refractivity contribution in [1.82, 2.24) is 0 Å². The second kappa shape index (κ2) is 4.70. The van der Waals surface area contributed by atoms with Crippen LogP contribution in [0.5, 0.6) is 0 Å². The van der Waals surface area contributed by atoms with Gasteiger partial charge in [-0.25, -0.2) is 8.78 Å². The van der Waals surface area contributed by atoms with Gasteiger partial charge in [-0.05, 0) is 30.4 Å². The summed E-state index contributed by atoms with van der Waals surface area (Å²) in [4.78, 5) is 0. The van der Waals surface area contributed by atoms with E-state index in [9.17, 15) is 8.78 Å². The summed E-state index contributed by atoms with van der Waals surface area (Å²) >= 11 is 6.16. The van der Waals surface area contributed by atoms with Crippen LogP contribution in [0.2, 0.25) is 0 Å². The van der Waals surface area contributed by atoms with Gasteiger partial charge in [0.2, 0.25) is 0 Å². The van der Waals surface area contributed by atoms with E-state index < -0.39 is 17.0 Å². The van der Waals surface area contributed by atoms with Gasteiger partial charge in [0.25, 0.3) is 0 Å². The summed E-state index contributed by atoms with van der Waals surface area (Å²) in [5.41, 5.74) is 0.827. The molecular formula is C13H17ClF2. The standard InChI is InChI=1S/C13H17ClF2/c1-8-5-9(12(16)6-11(8)15)10(14)7-13(2,3)4/h5-6,10H,7H2,1-4H3. The van der Waals surface area contributed by atoms with E-state index in [1.807, 2.05) is 20.8 Å². The summed E-state index contributed by atoms with van der Waals surface area (Å²) in [5, 5.41) is -0.417. The van der Waals surface area contributed by atoms with Crippen LogP contribution < -0.4 is 0 Å². The molecule has 0 aliphatic carbocycles. The molecule has 1 rings (SSSR count). The minimum absolute atomic E-state index is 0.0150. The second-order valence-electron chi connectivity index (χ2n) is 5.36. The highest BCUT2D eigenvalue weighted by molar-refractivity contribution is 6.20. The lowest BCUT2D eigenvalue weighted by Gasteiger charge is -2.22. The van der Waals surface area contributed by atoms with E-state index in [4.69, 9.17) is 11.6 Å². The zero-order valence-electron chi connectivity index (χ0n) is 10.1. The Morgan fingerprint density at radius 1 is 1.19 bits per heavy atom. The monoisotopic (exact) mass is 246 g/mol. The van der Waals surface area contributed by atoms with E-state index in [1.165, 1.54) is 6.07 Å². The molecule has 1 aromatic carbocycles. The van der Waals surface area contributed by atoms with Gasteiger partial charge >= 0.3 is 0 Å². The van der Waals surface area contributed by atoms with Crippen LogP contribution >= 0.6 is 11.6 Å². The molecular weight excluding hydrogens is 230 g/mol. The Balaban J connectivity index is 3.00. The first kappa shape index (κ1) is 13.4. The quantitative estimate of drug-likeness (QED) is 0.645. The van der Waals surface area contributed by atoms with E-state index in [1.54, 1.807) is 6.92 Å². The van der Waals surface area contributed by atoms with E-state index in [0.29, 0.717) is 17.5 Å². The first-order chi connectivity index (χ1) is 7.20. The summed E-state index contributed by atoms with van der Waals surface area (Å²) in [7, 11) is 0. The maximum Gasteiger partial charge on any atom is 0.130 e. The molecule has 0 aromatic heterocycles. The van der Waals surface area contributed by atoms with Gasteiger partial charge in [0.05, 0.1) is 5.38 Å². The number of hydrogen-bond donors (Lipinski definition) is 0. The molecule has 0 fully saturated rings. The molecule has 0 saturated carbocycles. The highest BCUT2D eigenvalue weighted by Gasteiger charge is 2.21. The number of rotatable bonds is 2. The Labute approximate surface area is 101 Å². The van der Waals surface area contributed by atoms with Crippen LogP contribution in [0.3, 0.4) is 0 Å². The fourth-order valence-corrected chi connectivity index (χ4v) is 2.20. The van der Waals surface area contributed by atoms with Crippen molar-refractivity contribution in [3.05, 3.63) is 34.9 Å². The highest BCUT2D eigenvalue weighted by Crippen LogP contribution is 2.35. The minimum Gasteiger partial charge on any atom is -0.207 e. The molecule has 0 spiro atoms. The molecule has 1 aromatic rings. The lowest BCUT2D eigenvalue weighted by atomic mass is 9.88. The van der Waals surface area contributed by atoms with Crippen molar-refractivity contribution in [2.75, 3.05) is 0 Å². The molecule has 3 heteroatoms. The Bertz CT molecular complexity index is 380. The van der Waals surface area contributed by atoms with Crippen molar-refractivity contribution in [1.29, 1.82) is 0 Å². The number of alkyl halides is 1. The third-order valence-corrected chi connectivity index (χ3v) is 2.80. The molecule has 1 unspecified atom stereocenters. The number of hydrogen-bond acceptors (Lipinski definition) is 0. The van der Waals surface area contributed by atoms with E-state index in [-0.39, 0.29) is 5.41 Å². The summed E-state index contributed by atoms with van der Waals surface area (Å²) in [6.45, 7) is 7.73. The zero-order valence-corrected chi connectivity index (χ0v) is 10.8. The predicted molar refractivity (Wildman–Crippen MR) is 63.8 cm³/mol. The Morgan fingerprint density at radius 2 is 1.75 bits per heavy atom. The molecule has 0 aliphatic rings. The molecule has 16 heavy (non-hydrogen) atoms. The third-order valence-electron chi connectivity index (χ3n) is 2.41. The molecule has 0 nitrogen and oxygen atoms in total. The molecule has 0 saturated heterocycles. The normalized spacial score (nSPS) is 13.9. The van der Waals surface area contributed by atoms with Gasteiger partial charge in [-0.2, -0.15) is 0 Å². The van der Waals surface area contributed by atoms with Gasteiger partial charge in [-0.1, -0.05) is 20.8 Å². The van der Waals surface area contributed by atoms with Crippen LogP contribution in [-0.2, 0) is 0 Å².